The van der Waals surface area contributed by atoms with Crippen molar-refractivity contribution in [3.8, 4) is 0 Å². The number of carbonyl (C=O) groups is 2. The molecule has 33 heavy (non-hydrogen) atoms. The quantitative estimate of drug-likeness (QED) is 0.559. The third-order valence-electron chi connectivity index (χ3n) is 5.87. The Labute approximate surface area is 195 Å². The smallest absolute Gasteiger partial charge is 0.290 e. The predicted octanol–water partition coefficient (Wildman–Crippen LogP) is 3.42. The average Bonchev–Trinajstić information content (AvgIpc) is 3.14. The lowest BCUT2D eigenvalue weighted by Gasteiger charge is -2.32. The van der Waals surface area contributed by atoms with Crippen molar-refractivity contribution in [3.05, 3.63) is 64.5 Å². The van der Waals surface area contributed by atoms with Gasteiger partial charge in [-0.3, -0.25) is 19.9 Å². The number of aromatic nitrogens is 3. The van der Waals surface area contributed by atoms with Crippen LogP contribution in [0.5, 0.6) is 0 Å². The number of hydrogen-bond donors (Lipinski definition) is 2. The number of thioether (sulfide) groups is 1. The summed E-state index contributed by atoms with van der Waals surface area (Å²) in [4.78, 5) is 39.3. The highest BCUT2D eigenvalue weighted by atomic mass is 32.2. The topological polar surface area (TPSA) is 100 Å². The number of para-hydroxylation sites is 1. The Bertz CT molecular complexity index is 1250. The summed E-state index contributed by atoms with van der Waals surface area (Å²) >= 11 is 0.891. The fourth-order valence-electron chi connectivity index (χ4n) is 4.23. The zero-order valence-electron chi connectivity index (χ0n) is 18.2. The highest BCUT2D eigenvalue weighted by Crippen LogP contribution is 2.26. The molecule has 2 saturated heterocycles. The predicted molar refractivity (Wildman–Crippen MR) is 130 cm³/mol. The fourth-order valence-corrected chi connectivity index (χ4v) is 4.90. The molecule has 0 aliphatic carbocycles. The first kappa shape index (κ1) is 21.5. The van der Waals surface area contributed by atoms with Crippen molar-refractivity contribution >= 4 is 45.8 Å². The van der Waals surface area contributed by atoms with Crippen molar-refractivity contribution in [1.29, 1.82) is 0 Å². The van der Waals surface area contributed by atoms with E-state index in [0.29, 0.717) is 22.6 Å². The van der Waals surface area contributed by atoms with Crippen molar-refractivity contribution in [1.82, 2.24) is 25.6 Å². The molecule has 4 heterocycles. The molecule has 0 bridgehead atoms. The van der Waals surface area contributed by atoms with Gasteiger partial charge in [-0.1, -0.05) is 18.2 Å². The largest absolute Gasteiger partial charge is 0.341 e. The van der Waals surface area contributed by atoms with Crippen LogP contribution in [0.3, 0.4) is 0 Å². The number of benzene rings is 1. The number of nitrogens with zero attached hydrogens (tertiary/aromatic N) is 4. The first-order valence-electron chi connectivity index (χ1n) is 11.0. The van der Waals surface area contributed by atoms with Crippen LogP contribution in [0.1, 0.15) is 29.8 Å². The summed E-state index contributed by atoms with van der Waals surface area (Å²) in [5.74, 6) is 0.266. The maximum absolute atomic E-state index is 11.8. The van der Waals surface area contributed by atoms with Crippen LogP contribution >= 0.6 is 11.8 Å². The van der Waals surface area contributed by atoms with Gasteiger partial charge in [0.1, 0.15) is 0 Å². The molecule has 8 nitrogen and oxygen atoms in total. The summed E-state index contributed by atoms with van der Waals surface area (Å²) in [6.07, 6.45) is 5.30. The van der Waals surface area contributed by atoms with E-state index in [1.165, 1.54) is 10.9 Å². The maximum Gasteiger partial charge on any atom is 0.290 e. The second-order valence-electron chi connectivity index (χ2n) is 8.22. The molecule has 2 aliphatic rings. The number of piperidine rings is 1. The SMILES string of the molecule is Cc1cc(CNC2CCN(c3nccc(C=C4SC(=O)NC4=O)n3)CC2)c2ccccc2n1. The van der Waals surface area contributed by atoms with Crippen molar-refractivity contribution in [2.75, 3.05) is 18.0 Å². The molecule has 2 aliphatic heterocycles. The van der Waals surface area contributed by atoms with Gasteiger partial charge in [-0.05, 0) is 61.4 Å². The highest BCUT2D eigenvalue weighted by Gasteiger charge is 2.25. The van der Waals surface area contributed by atoms with Gasteiger partial charge >= 0.3 is 0 Å². The number of amides is 2. The molecule has 2 fully saturated rings. The zero-order valence-corrected chi connectivity index (χ0v) is 19.1. The van der Waals surface area contributed by atoms with E-state index < -0.39 is 0 Å². The van der Waals surface area contributed by atoms with Gasteiger partial charge in [0.2, 0.25) is 5.95 Å². The van der Waals surface area contributed by atoms with Crippen LogP contribution in [0, 0.1) is 6.92 Å². The summed E-state index contributed by atoms with van der Waals surface area (Å²) in [5.41, 5.74) is 3.96. The maximum atomic E-state index is 11.8. The van der Waals surface area contributed by atoms with Crippen LogP contribution in [-0.4, -0.2) is 45.2 Å². The normalized spacial score (nSPS) is 18.3. The lowest BCUT2D eigenvalue weighted by Crippen LogP contribution is -2.43. The Morgan fingerprint density at radius 2 is 2.00 bits per heavy atom. The third kappa shape index (κ3) is 4.89. The van der Waals surface area contributed by atoms with E-state index in [2.05, 4.69) is 54.8 Å². The molecule has 0 unspecified atom stereocenters. The monoisotopic (exact) mass is 460 g/mol. The van der Waals surface area contributed by atoms with Gasteiger partial charge in [0.25, 0.3) is 11.1 Å². The molecule has 5 rings (SSSR count). The van der Waals surface area contributed by atoms with Crippen LogP contribution < -0.4 is 15.5 Å². The lowest BCUT2D eigenvalue weighted by atomic mass is 10.0. The minimum atomic E-state index is -0.380. The number of anilines is 1. The fraction of sp³-hybridized carbons (Fsp3) is 0.292. The number of pyridine rings is 1. The van der Waals surface area contributed by atoms with E-state index in [9.17, 15) is 9.59 Å². The number of nitrogens with one attached hydrogen (secondary N) is 2. The standard InChI is InChI=1S/C24H24N6O2S/c1-15-12-16(19-4-2-3-5-20(19)27-15)14-26-17-7-10-30(11-8-17)23-25-9-6-18(28-23)13-21-22(31)29-24(32)33-21/h2-6,9,12-13,17,26H,7-8,10-11,14H2,1H3,(H,29,31,32). The van der Waals surface area contributed by atoms with Crippen molar-refractivity contribution < 1.29 is 9.59 Å². The Kier molecular flexibility index (Phi) is 6.06. The number of aryl methyl sites for hydroxylation is 1. The van der Waals surface area contributed by atoms with Crippen LogP contribution in [0.4, 0.5) is 10.7 Å². The van der Waals surface area contributed by atoms with E-state index in [1.807, 2.05) is 13.0 Å². The van der Waals surface area contributed by atoms with E-state index in [4.69, 9.17) is 0 Å². The Hall–Kier alpha value is -3.30. The molecule has 0 saturated carbocycles. The first-order chi connectivity index (χ1) is 16.0. The number of hydrogen-bond acceptors (Lipinski definition) is 8. The minimum Gasteiger partial charge on any atom is -0.341 e. The number of rotatable bonds is 5. The second-order valence-corrected chi connectivity index (χ2v) is 9.23. The molecule has 0 atom stereocenters. The van der Waals surface area contributed by atoms with E-state index in [0.717, 1.165) is 55.4 Å². The Balaban J connectivity index is 1.20. The molecule has 2 N–H and O–H groups in total. The van der Waals surface area contributed by atoms with E-state index in [-0.39, 0.29) is 11.1 Å². The number of carbonyl (C=O) groups excluding carboxylic acids is 2. The summed E-state index contributed by atoms with van der Waals surface area (Å²) in [6.45, 7) is 4.55. The number of fused-ring (bicyclic) bond motifs is 1. The summed E-state index contributed by atoms with van der Waals surface area (Å²) < 4.78 is 0. The molecule has 2 aromatic heterocycles. The second kappa shape index (κ2) is 9.29. The van der Waals surface area contributed by atoms with Crippen LogP contribution in [-0.2, 0) is 11.3 Å². The van der Waals surface area contributed by atoms with Gasteiger partial charge in [0.15, 0.2) is 0 Å². The van der Waals surface area contributed by atoms with Crippen LogP contribution in [0.15, 0.2) is 47.5 Å². The van der Waals surface area contributed by atoms with Gasteiger partial charge in [0.05, 0.1) is 16.1 Å². The van der Waals surface area contributed by atoms with Crippen LogP contribution in [0.25, 0.3) is 17.0 Å². The molecule has 1 aromatic carbocycles. The van der Waals surface area contributed by atoms with Crippen molar-refractivity contribution in [2.45, 2.75) is 32.4 Å². The van der Waals surface area contributed by atoms with E-state index >= 15 is 0 Å². The molecule has 3 aromatic rings. The van der Waals surface area contributed by atoms with Gasteiger partial charge < -0.3 is 10.2 Å². The number of imide groups is 1. The van der Waals surface area contributed by atoms with Crippen molar-refractivity contribution in [3.63, 3.8) is 0 Å². The first-order valence-corrected chi connectivity index (χ1v) is 11.8. The highest BCUT2D eigenvalue weighted by molar-refractivity contribution is 8.18. The van der Waals surface area contributed by atoms with Crippen LogP contribution in [0.2, 0.25) is 0 Å². The molecule has 168 valence electrons. The van der Waals surface area contributed by atoms with Gasteiger partial charge in [0, 0.05) is 43.0 Å². The Morgan fingerprint density at radius 3 is 2.79 bits per heavy atom. The average molecular weight is 461 g/mol. The minimum absolute atomic E-state index is 0.353. The van der Waals surface area contributed by atoms with Crippen molar-refractivity contribution in [2.24, 2.45) is 0 Å². The summed E-state index contributed by atoms with van der Waals surface area (Å²) in [7, 11) is 0. The van der Waals surface area contributed by atoms with Gasteiger partial charge in [-0.25, -0.2) is 9.97 Å². The molecular weight excluding hydrogens is 436 g/mol. The van der Waals surface area contributed by atoms with E-state index in [1.54, 1.807) is 18.3 Å². The Morgan fingerprint density at radius 1 is 1.18 bits per heavy atom. The molecule has 0 radical (unpaired) electrons. The molecular formula is C24H24N6O2S. The lowest BCUT2D eigenvalue weighted by molar-refractivity contribution is -0.115. The van der Waals surface area contributed by atoms with Gasteiger partial charge in [-0.2, -0.15) is 0 Å². The van der Waals surface area contributed by atoms with Gasteiger partial charge in [-0.15, -0.1) is 0 Å². The zero-order chi connectivity index (χ0) is 22.8. The molecule has 9 heteroatoms. The third-order valence-corrected chi connectivity index (χ3v) is 6.68. The molecule has 2 amide bonds. The molecule has 0 spiro atoms. The summed E-state index contributed by atoms with van der Waals surface area (Å²) in [6, 6.07) is 12.6. The summed E-state index contributed by atoms with van der Waals surface area (Å²) in [5, 5.41) is 6.81.